The van der Waals surface area contributed by atoms with Crippen molar-refractivity contribution >= 4 is 5.91 Å². The van der Waals surface area contributed by atoms with E-state index in [0.29, 0.717) is 6.54 Å². The Labute approximate surface area is 149 Å². The number of nitrogens with one attached hydrogen (secondary N) is 1. The van der Waals surface area contributed by atoms with E-state index >= 15 is 0 Å². The summed E-state index contributed by atoms with van der Waals surface area (Å²) in [7, 11) is 0. The molecule has 7 heteroatoms. The highest BCUT2D eigenvalue weighted by molar-refractivity contribution is 5.78. The molecule has 0 aliphatic heterocycles. The summed E-state index contributed by atoms with van der Waals surface area (Å²) in [4.78, 5) is 12.1. The van der Waals surface area contributed by atoms with E-state index in [2.05, 4.69) is 15.2 Å². The van der Waals surface area contributed by atoms with Gasteiger partial charge in [0.05, 0.1) is 18.3 Å². The minimum atomic E-state index is -2.85. The van der Waals surface area contributed by atoms with Crippen molar-refractivity contribution in [3.05, 3.63) is 78.1 Å². The third-order valence-corrected chi connectivity index (χ3v) is 3.66. The number of benzene rings is 2. The van der Waals surface area contributed by atoms with Gasteiger partial charge in [0, 0.05) is 12.7 Å². The molecule has 0 unspecified atom stereocenters. The standard InChI is InChI=1S/C19H17F2N3O2/c20-19(21)26-17-8-6-14(7-9-17)11-22-18(25)10-15-12-23-24(13-15)16-4-2-1-3-5-16/h1-9,12-13,19H,10-11H2,(H,22,25). The van der Waals surface area contributed by atoms with Crippen LogP contribution in [0, 0.1) is 0 Å². The van der Waals surface area contributed by atoms with Crippen molar-refractivity contribution < 1.29 is 18.3 Å². The van der Waals surface area contributed by atoms with Crippen LogP contribution in [-0.2, 0) is 17.8 Å². The molecule has 1 amide bonds. The molecule has 2 aromatic carbocycles. The van der Waals surface area contributed by atoms with E-state index in [0.717, 1.165) is 16.8 Å². The highest BCUT2D eigenvalue weighted by Crippen LogP contribution is 2.15. The lowest BCUT2D eigenvalue weighted by Crippen LogP contribution is -2.24. The molecule has 26 heavy (non-hydrogen) atoms. The van der Waals surface area contributed by atoms with Crippen molar-refractivity contribution in [2.45, 2.75) is 19.6 Å². The third kappa shape index (κ3) is 4.89. The number of rotatable bonds is 7. The fraction of sp³-hybridized carbons (Fsp3) is 0.158. The van der Waals surface area contributed by atoms with Gasteiger partial charge < -0.3 is 10.1 Å². The SMILES string of the molecule is O=C(Cc1cnn(-c2ccccc2)c1)NCc1ccc(OC(F)F)cc1. The second-order valence-corrected chi connectivity index (χ2v) is 5.60. The summed E-state index contributed by atoms with van der Waals surface area (Å²) in [5.74, 6) is -0.0612. The highest BCUT2D eigenvalue weighted by Gasteiger charge is 2.08. The Balaban J connectivity index is 1.51. The maximum atomic E-state index is 12.1. The molecule has 0 fully saturated rings. The van der Waals surface area contributed by atoms with Crippen LogP contribution in [0.15, 0.2) is 67.0 Å². The molecular formula is C19H17F2N3O2. The number of carbonyl (C=O) groups excluding carboxylic acids is 1. The minimum Gasteiger partial charge on any atom is -0.435 e. The smallest absolute Gasteiger partial charge is 0.387 e. The second-order valence-electron chi connectivity index (χ2n) is 5.60. The normalized spacial score (nSPS) is 10.7. The summed E-state index contributed by atoms with van der Waals surface area (Å²) in [5, 5.41) is 7.04. The number of hydrogen-bond donors (Lipinski definition) is 1. The molecule has 1 N–H and O–H groups in total. The monoisotopic (exact) mass is 357 g/mol. The molecule has 0 radical (unpaired) electrons. The summed E-state index contributed by atoms with van der Waals surface area (Å²) >= 11 is 0. The van der Waals surface area contributed by atoms with Gasteiger partial charge in [-0.1, -0.05) is 30.3 Å². The number of halogens is 2. The van der Waals surface area contributed by atoms with Gasteiger partial charge in [0.25, 0.3) is 0 Å². The fourth-order valence-electron chi connectivity index (χ4n) is 2.41. The first-order valence-electron chi connectivity index (χ1n) is 7.99. The Bertz CT molecular complexity index is 849. The Morgan fingerprint density at radius 3 is 2.50 bits per heavy atom. The summed E-state index contributed by atoms with van der Waals surface area (Å²) in [6.07, 6.45) is 3.67. The fourth-order valence-corrected chi connectivity index (χ4v) is 2.41. The molecule has 1 heterocycles. The number of carbonyl (C=O) groups is 1. The molecule has 0 saturated carbocycles. The van der Waals surface area contributed by atoms with Crippen LogP contribution in [0.5, 0.6) is 5.75 Å². The minimum absolute atomic E-state index is 0.0865. The van der Waals surface area contributed by atoms with Crippen LogP contribution in [0.2, 0.25) is 0 Å². The zero-order valence-corrected chi connectivity index (χ0v) is 13.8. The predicted molar refractivity (Wildman–Crippen MR) is 92.2 cm³/mol. The molecule has 0 spiro atoms. The topological polar surface area (TPSA) is 56.2 Å². The van der Waals surface area contributed by atoms with E-state index in [4.69, 9.17) is 0 Å². The Morgan fingerprint density at radius 2 is 1.81 bits per heavy atom. The van der Waals surface area contributed by atoms with Crippen molar-refractivity contribution in [3.8, 4) is 11.4 Å². The van der Waals surface area contributed by atoms with Gasteiger partial charge in [0.2, 0.25) is 5.91 Å². The lowest BCUT2D eigenvalue weighted by atomic mass is 10.2. The van der Waals surface area contributed by atoms with Crippen molar-refractivity contribution in [3.63, 3.8) is 0 Å². The van der Waals surface area contributed by atoms with E-state index < -0.39 is 6.61 Å². The van der Waals surface area contributed by atoms with E-state index in [1.165, 1.54) is 12.1 Å². The molecule has 1 aromatic heterocycles. The average Bonchev–Trinajstić information content (AvgIpc) is 3.10. The summed E-state index contributed by atoms with van der Waals surface area (Å²) in [6, 6.07) is 15.8. The number of nitrogens with zero attached hydrogens (tertiary/aromatic N) is 2. The maximum absolute atomic E-state index is 12.1. The number of hydrogen-bond acceptors (Lipinski definition) is 3. The number of ether oxygens (including phenoxy) is 1. The number of amides is 1. The predicted octanol–water partition coefficient (Wildman–Crippen LogP) is 3.33. The molecule has 3 rings (SSSR count). The molecule has 3 aromatic rings. The molecule has 0 aliphatic rings. The number of alkyl halides is 2. The molecule has 134 valence electrons. The largest absolute Gasteiger partial charge is 0.435 e. The molecular weight excluding hydrogens is 340 g/mol. The first kappa shape index (κ1) is 17.6. The van der Waals surface area contributed by atoms with E-state index in [1.54, 1.807) is 23.0 Å². The Kier molecular flexibility index (Phi) is 5.58. The molecule has 0 atom stereocenters. The van der Waals surface area contributed by atoms with Crippen LogP contribution in [0.1, 0.15) is 11.1 Å². The summed E-state index contributed by atoms with van der Waals surface area (Å²) in [6.45, 7) is -2.54. The zero-order valence-electron chi connectivity index (χ0n) is 13.8. The van der Waals surface area contributed by atoms with Crippen molar-refractivity contribution in [2.75, 3.05) is 0 Å². The van der Waals surface area contributed by atoms with Crippen molar-refractivity contribution in [1.29, 1.82) is 0 Å². The van der Waals surface area contributed by atoms with Gasteiger partial charge in [-0.05, 0) is 35.4 Å². The van der Waals surface area contributed by atoms with Gasteiger partial charge in [0.15, 0.2) is 0 Å². The van der Waals surface area contributed by atoms with E-state index in [9.17, 15) is 13.6 Å². The quantitative estimate of drug-likeness (QED) is 0.706. The summed E-state index contributed by atoms with van der Waals surface area (Å²) < 4.78 is 30.2. The maximum Gasteiger partial charge on any atom is 0.387 e. The van der Waals surface area contributed by atoms with E-state index in [1.807, 2.05) is 36.5 Å². The van der Waals surface area contributed by atoms with Gasteiger partial charge in [-0.25, -0.2) is 4.68 Å². The van der Waals surface area contributed by atoms with Crippen LogP contribution in [-0.4, -0.2) is 22.3 Å². The van der Waals surface area contributed by atoms with Crippen molar-refractivity contribution in [1.82, 2.24) is 15.1 Å². The molecule has 0 saturated heterocycles. The molecule has 5 nitrogen and oxygen atoms in total. The molecule has 0 bridgehead atoms. The Hall–Kier alpha value is -3.22. The van der Waals surface area contributed by atoms with E-state index in [-0.39, 0.29) is 18.1 Å². The van der Waals surface area contributed by atoms with Crippen LogP contribution in [0.3, 0.4) is 0 Å². The number of aromatic nitrogens is 2. The van der Waals surface area contributed by atoms with Crippen molar-refractivity contribution in [2.24, 2.45) is 0 Å². The second kappa shape index (κ2) is 8.24. The Morgan fingerprint density at radius 1 is 1.08 bits per heavy atom. The highest BCUT2D eigenvalue weighted by atomic mass is 19.3. The van der Waals surface area contributed by atoms with Gasteiger partial charge in [-0.2, -0.15) is 13.9 Å². The number of para-hydroxylation sites is 1. The van der Waals surface area contributed by atoms with Crippen LogP contribution in [0.4, 0.5) is 8.78 Å². The van der Waals surface area contributed by atoms with Gasteiger partial charge in [0.1, 0.15) is 5.75 Å². The average molecular weight is 357 g/mol. The van der Waals surface area contributed by atoms with Crippen LogP contribution < -0.4 is 10.1 Å². The van der Waals surface area contributed by atoms with Gasteiger partial charge in [-0.3, -0.25) is 4.79 Å². The zero-order chi connectivity index (χ0) is 18.4. The molecule has 0 aliphatic carbocycles. The van der Waals surface area contributed by atoms with Crippen LogP contribution in [0.25, 0.3) is 5.69 Å². The first-order valence-corrected chi connectivity index (χ1v) is 7.99. The first-order chi connectivity index (χ1) is 12.6. The lowest BCUT2D eigenvalue weighted by Gasteiger charge is -2.07. The van der Waals surface area contributed by atoms with Gasteiger partial charge >= 0.3 is 6.61 Å². The van der Waals surface area contributed by atoms with Crippen LogP contribution >= 0.6 is 0 Å². The third-order valence-electron chi connectivity index (χ3n) is 3.66. The van der Waals surface area contributed by atoms with Gasteiger partial charge in [-0.15, -0.1) is 0 Å². The lowest BCUT2D eigenvalue weighted by molar-refractivity contribution is -0.120. The summed E-state index contributed by atoms with van der Waals surface area (Å²) in [5.41, 5.74) is 2.51.